The molecule has 2 N–H and O–H groups in total. The highest BCUT2D eigenvalue weighted by Gasteiger charge is 2.36. The fourth-order valence-corrected chi connectivity index (χ4v) is 3.64. The number of esters is 1. The maximum Gasteiger partial charge on any atom is 0.340 e. The first-order valence-corrected chi connectivity index (χ1v) is 9.03. The smallest absolute Gasteiger partial charge is 0.340 e. The van der Waals surface area contributed by atoms with Crippen LogP contribution in [0.4, 0.5) is 0 Å². The zero-order valence-electron chi connectivity index (χ0n) is 15.4. The number of nitrogens with two attached hydrogens (primary N) is 1. The third kappa shape index (κ3) is 2.93. The molecule has 3 aromatic carbocycles. The molecule has 0 aromatic heterocycles. The number of hydrogen-bond donors (Lipinski definition) is 1. The number of benzene rings is 3. The highest BCUT2D eigenvalue weighted by molar-refractivity contribution is 5.97. The Labute approximate surface area is 158 Å². The van der Waals surface area contributed by atoms with E-state index >= 15 is 0 Å². The average molecular weight is 359 g/mol. The van der Waals surface area contributed by atoms with Gasteiger partial charge in [0.05, 0.1) is 12.5 Å². The van der Waals surface area contributed by atoms with Crippen molar-refractivity contribution in [2.24, 2.45) is 5.73 Å². The summed E-state index contributed by atoms with van der Waals surface area (Å²) in [6.07, 6.45) is 0. The summed E-state index contributed by atoms with van der Waals surface area (Å²) in [7, 11) is 0. The molecule has 1 aliphatic rings. The molecule has 1 heterocycles. The van der Waals surface area contributed by atoms with Gasteiger partial charge in [-0.15, -0.1) is 0 Å². The van der Waals surface area contributed by atoms with Crippen LogP contribution in [0.3, 0.4) is 0 Å². The van der Waals surface area contributed by atoms with Crippen molar-refractivity contribution >= 4 is 16.7 Å². The third-order valence-corrected chi connectivity index (χ3v) is 4.90. The number of aryl methyl sites for hydroxylation is 1. The summed E-state index contributed by atoms with van der Waals surface area (Å²) in [5, 5.41) is 2.12. The maximum absolute atomic E-state index is 12.8. The van der Waals surface area contributed by atoms with Crippen LogP contribution in [0.25, 0.3) is 10.8 Å². The molecule has 0 fully saturated rings. The molecule has 1 unspecified atom stereocenters. The van der Waals surface area contributed by atoms with Crippen LogP contribution >= 0.6 is 0 Å². The monoisotopic (exact) mass is 359 g/mol. The second-order valence-electron chi connectivity index (χ2n) is 6.64. The lowest BCUT2D eigenvalue weighted by Gasteiger charge is -2.29. The lowest BCUT2D eigenvalue weighted by Crippen LogP contribution is -2.27. The fourth-order valence-electron chi connectivity index (χ4n) is 3.64. The molecule has 4 rings (SSSR count). The second kappa shape index (κ2) is 6.80. The first-order chi connectivity index (χ1) is 13.1. The van der Waals surface area contributed by atoms with Gasteiger partial charge in [-0.05, 0) is 36.2 Å². The van der Waals surface area contributed by atoms with Gasteiger partial charge in [0.1, 0.15) is 11.3 Å². The van der Waals surface area contributed by atoms with Crippen LogP contribution in [0.2, 0.25) is 0 Å². The van der Waals surface area contributed by atoms with Gasteiger partial charge in [0, 0.05) is 5.56 Å². The van der Waals surface area contributed by atoms with Crippen LogP contribution in [-0.2, 0) is 9.53 Å². The molecular formula is C23H21NO3. The molecule has 4 nitrogen and oxygen atoms in total. The maximum atomic E-state index is 12.8. The minimum absolute atomic E-state index is 0.0989. The molecule has 0 bridgehead atoms. The standard InChI is InChI=1S/C23H21NO3/c1-3-26-23(25)21-19(16-10-8-14(2)9-11-16)20-17-7-5-4-6-15(17)12-13-18(20)27-22(21)24/h4-13,19H,3,24H2,1-2H3. The number of carbonyl (C=O) groups excluding carboxylic acids is 1. The molecule has 136 valence electrons. The Hall–Kier alpha value is -3.27. The Morgan fingerprint density at radius 3 is 2.56 bits per heavy atom. The molecule has 27 heavy (non-hydrogen) atoms. The molecule has 1 atom stereocenters. The Balaban J connectivity index is 2.01. The van der Waals surface area contributed by atoms with Gasteiger partial charge < -0.3 is 15.2 Å². The van der Waals surface area contributed by atoms with E-state index in [1.54, 1.807) is 6.92 Å². The molecule has 0 radical (unpaired) electrons. The van der Waals surface area contributed by atoms with Gasteiger partial charge in [-0.25, -0.2) is 4.79 Å². The van der Waals surface area contributed by atoms with Crippen molar-refractivity contribution in [3.05, 3.63) is 88.8 Å². The average Bonchev–Trinajstić information content (AvgIpc) is 2.67. The van der Waals surface area contributed by atoms with E-state index in [1.165, 1.54) is 0 Å². The van der Waals surface area contributed by atoms with E-state index < -0.39 is 5.97 Å². The van der Waals surface area contributed by atoms with E-state index in [-0.39, 0.29) is 18.4 Å². The molecule has 0 spiro atoms. The lowest BCUT2D eigenvalue weighted by atomic mass is 9.80. The summed E-state index contributed by atoms with van der Waals surface area (Å²) >= 11 is 0. The first kappa shape index (κ1) is 17.2. The number of hydrogen-bond acceptors (Lipinski definition) is 4. The summed E-state index contributed by atoms with van der Waals surface area (Å²) in [4.78, 5) is 12.8. The number of carbonyl (C=O) groups is 1. The topological polar surface area (TPSA) is 61.5 Å². The number of ether oxygens (including phenoxy) is 2. The second-order valence-corrected chi connectivity index (χ2v) is 6.64. The van der Waals surface area contributed by atoms with Crippen molar-refractivity contribution in [3.63, 3.8) is 0 Å². The van der Waals surface area contributed by atoms with E-state index in [1.807, 2.05) is 67.6 Å². The van der Waals surface area contributed by atoms with Crippen molar-refractivity contribution in [2.45, 2.75) is 19.8 Å². The van der Waals surface area contributed by atoms with Gasteiger partial charge in [-0.1, -0.05) is 60.2 Å². The summed E-state index contributed by atoms with van der Waals surface area (Å²) in [6.45, 7) is 4.09. The molecule has 4 heteroatoms. The van der Waals surface area contributed by atoms with Crippen molar-refractivity contribution in [2.75, 3.05) is 6.61 Å². The molecule has 1 aliphatic heterocycles. The van der Waals surface area contributed by atoms with Crippen molar-refractivity contribution in [1.82, 2.24) is 0 Å². The predicted molar refractivity (Wildman–Crippen MR) is 105 cm³/mol. The molecule has 0 aliphatic carbocycles. The quantitative estimate of drug-likeness (QED) is 0.704. The van der Waals surface area contributed by atoms with Crippen molar-refractivity contribution < 1.29 is 14.3 Å². The summed E-state index contributed by atoms with van der Waals surface area (Å²) in [5.41, 5.74) is 9.60. The Bertz CT molecular complexity index is 1050. The minimum Gasteiger partial charge on any atom is -0.462 e. The van der Waals surface area contributed by atoms with Gasteiger partial charge >= 0.3 is 5.97 Å². The lowest BCUT2D eigenvalue weighted by molar-refractivity contribution is -0.139. The van der Waals surface area contributed by atoms with Gasteiger partial charge in [0.25, 0.3) is 0 Å². The van der Waals surface area contributed by atoms with Crippen molar-refractivity contribution in [3.8, 4) is 5.75 Å². The molecule has 3 aromatic rings. The van der Waals surface area contributed by atoms with E-state index in [4.69, 9.17) is 15.2 Å². The number of rotatable bonds is 3. The zero-order chi connectivity index (χ0) is 19.0. The highest BCUT2D eigenvalue weighted by Crippen LogP contribution is 2.46. The van der Waals surface area contributed by atoms with Crippen LogP contribution in [0.15, 0.2) is 72.1 Å². The van der Waals surface area contributed by atoms with Crippen LogP contribution in [0, 0.1) is 6.92 Å². The van der Waals surface area contributed by atoms with E-state index in [2.05, 4.69) is 0 Å². The Kier molecular flexibility index (Phi) is 4.32. The van der Waals surface area contributed by atoms with E-state index in [0.717, 1.165) is 27.5 Å². The predicted octanol–water partition coefficient (Wildman–Crippen LogP) is 4.41. The Morgan fingerprint density at radius 2 is 1.81 bits per heavy atom. The summed E-state index contributed by atoms with van der Waals surface area (Å²) in [5.74, 6) is -0.0229. The molecule has 0 saturated heterocycles. The van der Waals surface area contributed by atoms with Gasteiger partial charge in [-0.2, -0.15) is 0 Å². The SMILES string of the molecule is CCOC(=O)C1=C(N)Oc2ccc3ccccc3c2C1c1ccc(C)cc1. The molecule has 0 amide bonds. The normalized spacial score (nSPS) is 16.0. The van der Waals surface area contributed by atoms with Crippen LogP contribution in [0.5, 0.6) is 5.75 Å². The summed E-state index contributed by atoms with van der Waals surface area (Å²) < 4.78 is 11.1. The van der Waals surface area contributed by atoms with E-state index in [0.29, 0.717) is 11.3 Å². The summed E-state index contributed by atoms with van der Waals surface area (Å²) in [6, 6.07) is 20.1. The van der Waals surface area contributed by atoms with E-state index in [9.17, 15) is 4.79 Å². The van der Waals surface area contributed by atoms with Gasteiger partial charge in [0.15, 0.2) is 0 Å². The third-order valence-electron chi connectivity index (χ3n) is 4.90. The van der Waals surface area contributed by atoms with Crippen LogP contribution in [-0.4, -0.2) is 12.6 Å². The zero-order valence-corrected chi connectivity index (χ0v) is 15.4. The van der Waals surface area contributed by atoms with Gasteiger partial charge in [-0.3, -0.25) is 0 Å². The van der Waals surface area contributed by atoms with Crippen LogP contribution in [0.1, 0.15) is 29.5 Å². The van der Waals surface area contributed by atoms with Crippen molar-refractivity contribution in [1.29, 1.82) is 0 Å². The minimum atomic E-state index is -0.445. The fraction of sp³-hybridized carbons (Fsp3) is 0.174. The first-order valence-electron chi connectivity index (χ1n) is 9.03. The Morgan fingerprint density at radius 1 is 1.07 bits per heavy atom. The largest absolute Gasteiger partial charge is 0.462 e. The van der Waals surface area contributed by atoms with Gasteiger partial charge in [0.2, 0.25) is 5.88 Å². The number of fused-ring (bicyclic) bond motifs is 3. The highest BCUT2D eigenvalue weighted by atomic mass is 16.5. The molecular weight excluding hydrogens is 338 g/mol. The van der Waals surface area contributed by atoms with Crippen LogP contribution < -0.4 is 10.5 Å². The molecule has 0 saturated carbocycles.